The van der Waals surface area contributed by atoms with Crippen LogP contribution in [0.5, 0.6) is 0 Å². The Labute approximate surface area is 200 Å². The normalized spacial score (nSPS) is 10.7. The van der Waals surface area contributed by atoms with Crippen molar-refractivity contribution in [2.24, 2.45) is 16.1 Å². The van der Waals surface area contributed by atoms with Crippen LogP contribution in [0.15, 0.2) is 89.1 Å². The lowest BCUT2D eigenvalue weighted by atomic mass is 10.0. The number of carbonyl (C=O) groups is 1. The molecule has 0 spiro atoms. The fourth-order valence-corrected chi connectivity index (χ4v) is 2.37. The van der Waals surface area contributed by atoms with Crippen molar-refractivity contribution in [3.05, 3.63) is 78.9 Å². The molecule has 0 heterocycles. The lowest BCUT2D eigenvalue weighted by Crippen LogP contribution is -2.15. The predicted molar refractivity (Wildman–Crippen MR) is 142 cm³/mol. The highest BCUT2D eigenvalue weighted by molar-refractivity contribution is 5.84. The van der Waals surface area contributed by atoms with Crippen molar-refractivity contribution in [2.45, 2.75) is 60.8 Å². The first-order valence-electron chi connectivity index (χ1n) is 11.4. The summed E-state index contributed by atoms with van der Waals surface area (Å²) in [4.78, 5) is 11.8. The summed E-state index contributed by atoms with van der Waals surface area (Å²) in [5.41, 5.74) is 4.52. The van der Waals surface area contributed by atoms with Gasteiger partial charge in [-0.25, -0.2) is 4.79 Å². The van der Waals surface area contributed by atoms with Crippen LogP contribution in [0.25, 0.3) is 0 Å². The number of nitrogens with one attached hydrogen (secondary N) is 1. The number of ether oxygens (including phenoxy) is 1. The van der Waals surface area contributed by atoms with Crippen molar-refractivity contribution < 1.29 is 9.53 Å². The Morgan fingerprint density at radius 3 is 1.85 bits per heavy atom. The molecule has 2 rings (SSSR count). The molecule has 0 saturated carbocycles. The highest BCUT2D eigenvalue weighted by Gasteiger charge is 2.05. The van der Waals surface area contributed by atoms with E-state index in [0.717, 1.165) is 30.6 Å². The lowest BCUT2D eigenvalue weighted by Gasteiger charge is -2.11. The Kier molecular flexibility index (Phi) is 16.6. The van der Waals surface area contributed by atoms with Crippen molar-refractivity contribution in [1.29, 1.82) is 0 Å². The van der Waals surface area contributed by atoms with Gasteiger partial charge in [0.1, 0.15) is 0 Å². The molecule has 33 heavy (non-hydrogen) atoms. The lowest BCUT2D eigenvalue weighted by molar-refractivity contribution is 0.153. The molecule has 5 heteroatoms. The van der Waals surface area contributed by atoms with E-state index >= 15 is 0 Å². The summed E-state index contributed by atoms with van der Waals surface area (Å²) < 4.78 is 5.21. The number of azo groups is 1. The molecular formula is C28H41N3O2. The van der Waals surface area contributed by atoms with Crippen molar-refractivity contribution in [1.82, 2.24) is 0 Å². The molecule has 2 aromatic carbocycles. The number of benzene rings is 2. The Bertz CT molecular complexity index is 823. The maximum atomic E-state index is 11.8. The molecule has 0 aromatic heterocycles. The number of hydrogen-bond donors (Lipinski definition) is 1. The molecule has 0 aliphatic carbocycles. The van der Waals surface area contributed by atoms with Crippen LogP contribution < -0.4 is 5.32 Å². The average molecular weight is 452 g/mol. The number of hydrogen-bond acceptors (Lipinski definition) is 4. The summed E-state index contributed by atoms with van der Waals surface area (Å²) >= 11 is 0. The van der Waals surface area contributed by atoms with Crippen molar-refractivity contribution in [3.63, 3.8) is 0 Å². The molecule has 2 aromatic rings. The van der Waals surface area contributed by atoms with Crippen LogP contribution >= 0.6 is 0 Å². The van der Waals surface area contributed by atoms with Gasteiger partial charge in [0.2, 0.25) is 0 Å². The van der Waals surface area contributed by atoms with Crippen LogP contribution in [0.3, 0.4) is 0 Å². The molecule has 0 radical (unpaired) electrons. The SMILES string of the molecule is C=C(C)C.C=C(C)C.CCCC(C)CCOC(=O)Nc1ccc(N=Nc2ccccc2)cc1. The topological polar surface area (TPSA) is 63.0 Å². The Morgan fingerprint density at radius 1 is 0.879 bits per heavy atom. The quantitative estimate of drug-likeness (QED) is 0.321. The van der Waals surface area contributed by atoms with E-state index in [1.165, 1.54) is 11.1 Å². The first-order chi connectivity index (χ1) is 15.6. The van der Waals surface area contributed by atoms with Gasteiger partial charge in [-0.2, -0.15) is 10.2 Å². The van der Waals surface area contributed by atoms with Crippen molar-refractivity contribution >= 4 is 23.2 Å². The predicted octanol–water partition coefficient (Wildman–Crippen LogP) is 9.64. The largest absolute Gasteiger partial charge is 0.449 e. The number of nitrogens with zero attached hydrogens (tertiary/aromatic N) is 2. The van der Waals surface area contributed by atoms with Gasteiger partial charge in [0.05, 0.1) is 18.0 Å². The number of allylic oxidation sites excluding steroid dienone is 2. The van der Waals surface area contributed by atoms with Gasteiger partial charge in [0.25, 0.3) is 0 Å². The minimum absolute atomic E-state index is 0.428. The third-order valence-corrected chi connectivity index (χ3v) is 3.78. The third kappa shape index (κ3) is 19.2. The number of rotatable bonds is 8. The second-order valence-electron chi connectivity index (χ2n) is 8.44. The fourth-order valence-electron chi connectivity index (χ4n) is 2.37. The molecule has 180 valence electrons. The van der Waals surface area contributed by atoms with Gasteiger partial charge in [0, 0.05) is 5.69 Å². The molecule has 0 bridgehead atoms. The van der Waals surface area contributed by atoms with Crippen molar-refractivity contribution in [2.75, 3.05) is 11.9 Å². The summed E-state index contributed by atoms with van der Waals surface area (Å²) in [6.45, 7) is 19.8. The smallest absolute Gasteiger partial charge is 0.411 e. The van der Waals surface area contributed by atoms with Crippen LogP contribution in [0.2, 0.25) is 0 Å². The molecule has 1 amide bonds. The maximum absolute atomic E-state index is 11.8. The van der Waals surface area contributed by atoms with Gasteiger partial charge in [-0.05, 0) is 76.4 Å². The van der Waals surface area contributed by atoms with E-state index in [0.29, 0.717) is 18.2 Å². The molecule has 0 aliphatic rings. The van der Waals surface area contributed by atoms with E-state index < -0.39 is 6.09 Å². The van der Waals surface area contributed by atoms with Crippen molar-refractivity contribution in [3.8, 4) is 0 Å². The minimum atomic E-state index is -0.428. The fraction of sp³-hybridized carbons (Fsp3) is 0.393. The summed E-state index contributed by atoms with van der Waals surface area (Å²) in [6.07, 6.45) is 2.77. The molecular weight excluding hydrogens is 410 g/mol. The molecule has 1 N–H and O–H groups in total. The summed E-state index contributed by atoms with van der Waals surface area (Å²) in [7, 11) is 0. The van der Waals surface area contributed by atoms with Gasteiger partial charge in [-0.1, -0.05) is 56.0 Å². The third-order valence-electron chi connectivity index (χ3n) is 3.78. The highest BCUT2D eigenvalue weighted by Crippen LogP contribution is 2.20. The molecule has 0 aliphatic heterocycles. The zero-order valence-corrected chi connectivity index (χ0v) is 21.2. The molecule has 5 nitrogen and oxygen atoms in total. The van der Waals surface area contributed by atoms with E-state index in [1.807, 2.05) is 58.0 Å². The zero-order chi connectivity index (χ0) is 25.1. The van der Waals surface area contributed by atoms with Gasteiger partial charge in [-0.15, -0.1) is 13.2 Å². The van der Waals surface area contributed by atoms with E-state index in [-0.39, 0.29) is 0 Å². The van der Waals surface area contributed by atoms with Crippen LogP contribution in [0.1, 0.15) is 60.8 Å². The van der Waals surface area contributed by atoms with E-state index in [1.54, 1.807) is 24.3 Å². The van der Waals surface area contributed by atoms with E-state index in [9.17, 15) is 4.79 Å². The molecule has 0 fully saturated rings. The van der Waals surface area contributed by atoms with E-state index in [4.69, 9.17) is 4.74 Å². The number of amides is 1. The summed E-state index contributed by atoms with van der Waals surface area (Å²) in [5, 5.41) is 11.0. The number of carbonyl (C=O) groups excluding carboxylic acids is 1. The first kappa shape index (κ1) is 29.8. The maximum Gasteiger partial charge on any atom is 0.411 e. The Hall–Kier alpha value is -3.21. The monoisotopic (exact) mass is 451 g/mol. The van der Waals surface area contributed by atoms with Crippen LogP contribution in [-0.2, 0) is 4.74 Å². The summed E-state index contributed by atoms with van der Waals surface area (Å²) in [5.74, 6) is 0.576. The highest BCUT2D eigenvalue weighted by atomic mass is 16.5. The molecule has 1 atom stereocenters. The van der Waals surface area contributed by atoms with Crippen LogP contribution in [0.4, 0.5) is 21.9 Å². The van der Waals surface area contributed by atoms with Gasteiger partial charge < -0.3 is 4.74 Å². The first-order valence-corrected chi connectivity index (χ1v) is 11.4. The van der Waals surface area contributed by atoms with Gasteiger partial charge in [-0.3, -0.25) is 5.32 Å². The molecule has 0 saturated heterocycles. The van der Waals surface area contributed by atoms with Crippen LogP contribution in [-0.4, -0.2) is 12.7 Å². The van der Waals surface area contributed by atoms with Crippen LogP contribution in [0, 0.1) is 5.92 Å². The van der Waals surface area contributed by atoms with Gasteiger partial charge >= 0.3 is 6.09 Å². The van der Waals surface area contributed by atoms with E-state index in [2.05, 4.69) is 42.6 Å². The second-order valence-corrected chi connectivity index (χ2v) is 8.44. The minimum Gasteiger partial charge on any atom is -0.449 e. The second kappa shape index (κ2) is 18.4. The Morgan fingerprint density at radius 2 is 1.36 bits per heavy atom. The standard InChI is InChI=1S/C20H25N3O2.2C4H8/c1-3-7-16(2)14-15-25-20(24)21-17-10-12-19(13-11-17)23-22-18-8-5-4-6-9-18;2*1-4(2)3/h4-6,8-13,16H,3,7,14-15H2,1-2H3,(H,21,24);2*1H2,2-3H3. The zero-order valence-electron chi connectivity index (χ0n) is 21.2. The van der Waals surface area contributed by atoms with Gasteiger partial charge in [0.15, 0.2) is 0 Å². The summed E-state index contributed by atoms with van der Waals surface area (Å²) in [6, 6.07) is 16.7. The number of anilines is 1. The average Bonchev–Trinajstić information content (AvgIpc) is 2.73. The molecule has 1 unspecified atom stereocenters. The Balaban J connectivity index is 0.00000111.